The van der Waals surface area contributed by atoms with Crippen molar-refractivity contribution in [1.29, 1.82) is 0 Å². The Hall–Kier alpha value is -3.37. The highest BCUT2D eigenvalue weighted by Gasteiger charge is 2.33. The first-order valence-corrected chi connectivity index (χ1v) is 11.8. The van der Waals surface area contributed by atoms with Gasteiger partial charge in [0.15, 0.2) is 0 Å². The SMILES string of the molecule is O=C1CSc2ccc(N3C[C@H](CCN[C@@H]4Cn5c(=O)ccc6nccc4c65)OC3=O)cc2N1. The molecule has 10 heteroatoms. The molecule has 9 nitrogen and oxygen atoms in total. The van der Waals surface area contributed by atoms with Gasteiger partial charge in [-0.05, 0) is 48.9 Å². The van der Waals surface area contributed by atoms with Crippen LogP contribution in [0.4, 0.5) is 16.2 Å². The molecule has 3 aliphatic heterocycles. The summed E-state index contributed by atoms with van der Waals surface area (Å²) in [5.41, 5.74) is 4.18. The molecule has 0 saturated carbocycles. The van der Waals surface area contributed by atoms with E-state index in [0.29, 0.717) is 37.5 Å². The molecule has 3 aromatic rings. The molecule has 0 aliphatic carbocycles. The van der Waals surface area contributed by atoms with Crippen molar-refractivity contribution >= 4 is 46.2 Å². The number of carbonyl (C=O) groups is 2. The predicted molar refractivity (Wildman–Crippen MR) is 125 cm³/mol. The Balaban J connectivity index is 1.10. The van der Waals surface area contributed by atoms with Gasteiger partial charge in [-0.15, -0.1) is 11.8 Å². The Morgan fingerprint density at radius 3 is 2.97 bits per heavy atom. The van der Waals surface area contributed by atoms with Crippen LogP contribution in [0.2, 0.25) is 0 Å². The van der Waals surface area contributed by atoms with Crippen molar-refractivity contribution in [3.05, 3.63) is 58.5 Å². The van der Waals surface area contributed by atoms with Gasteiger partial charge in [0.1, 0.15) is 6.10 Å². The largest absolute Gasteiger partial charge is 0.444 e. The lowest BCUT2D eigenvalue weighted by atomic mass is 10.1. The first-order valence-electron chi connectivity index (χ1n) is 10.8. The van der Waals surface area contributed by atoms with Crippen LogP contribution in [0.3, 0.4) is 0 Å². The first kappa shape index (κ1) is 20.3. The van der Waals surface area contributed by atoms with E-state index >= 15 is 0 Å². The van der Waals surface area contributed by atoms with Crippen molar-refractivity contribution in [2.75, 3.05) is 29.1 Å². The van der Waals surface area contributed by atoms with Crippen LogP contribution >= 0.6 is 11.8 Å². The molecule has 6 rings (SSSR count). The van der Waals surface area contributed by atoms with E-state index in [0.717, 1.165) is 27.2 Å². The molecular weight excluding hydrogens is 442 g/mol. The summed E-state index contributed by atoms with van der Waals surface area (Å²) >= 11 is 1.49. The van der Waals surface area contributed by atoms with Gasteiger partial charge in [0.2, 0.25) is 5.91 Å². The van der Waals surface area contributed by atoms with E-state index in [1.165, 1.54) is 11.8 Å². The van der Waals surface area contributed by atoms with Crippen LogP contribution in [-0.2, 0) is 16.1 Å². The molecular formula is C23H21N5O4S. The van der Waals surface area contributed by atoms with E-state index in [1.807, 2.05) is 24.3 Å². The zero-order valence-electron chi connectivity index (χ0n) is 17.6. The molecule has 0 unspecified atom stereocenters. The van der Waals surface area contributed by atoms with Crippen LogP contribution in [0.25, 0.3) is 11.0 Å². The minimum absolute atomic E-state index is 0.0144. The normalized spacial score (nSPS) is 21.3. The fraction of sp³-hybridized carbons (Fsp3) is 0.304. The predicted octanol–water partition coefficient (Wildman–Crippen LogP) is 2.50. The summed E-state index contributed by atoms with van der Waals surface area (Å²) in [4.78, 5) is 43.4. The van der Waals surface area contributed by atoms with E-state index in [4.69, 9.17) is 4.74 Å². The highest BCUT2D eigenvalue weighted by molar-refractivity contribution is 8.00. The van der Waals surface area contributed by atoms with Gasteiger partial charge in [0.05, 0.1) is 35.1 Å². The Bertz CT molecular complexity index is 1360. The maximum atomic E-state index is 12.5. The quantitative estimate of drug-likeness (QED) is 0.599. The third kappa shape index (κ3) is 3.55. The van der Waals surface area contributed by atoms with Gasteiger partial charge in [0.25, 0.3) is 5.56 Å². The lowest BCUT2D eigenvalue weighted by Gasteiger charge is -2.20. The molecule has 1 saturated heterocycles. The van der Waals surface area contributed by atoms with Gasteiger partial charge in [0, 0.05) is 29.4 Å². The number of nitrogens with one attached hydrogen (secondary N) is 2. The second-order valence-corrected chi connectivity index (χ2v) is 9.36. The highest BCUT2D eigenvalue weighted by atomic mass is 32.2. The molecule has 3 aliphatic rings. The zero-order chi connectivity index (χ0) is 22.5. The number of fused-ring (bicyclic) bond motifs is 1. The third-order valence-corrected chi connectivity index (χ3v) is 7.36. The second kappa shape index (κ2) is 7.89. The third-order valence-electron chi connectivity index (χ3n) is 6.28. The van der Waals surface area contributed by atoms with Crippen LogP contribution in [0.5, 0.6) is 0 Å². The molecule has 2 N–H and O–H groups in total. The minimum Gasteiger partial charge on any atom is -0.444 e. The van der Waals surface area contributed by atoms with Crippen LogP contribution in [-0.4, -0.2) is 46.5 Å². The monoisotopic (exact) mass is 463 g/mol. The molecule has 168 valence electrons. The number of ether oxygens (including phenoxy) is 1. The molecule has 0 bridgehead atoms. The molecule has 0 spiro atoms. The van der Waals surface area contributed by atoms with E-state index in [-0.39, 0.29) is 29.7 Å². The number of cyclic esters (lactones) is 1. The smallest absolute Gasteiger partial charge is 0.414 e. The van der Waals surface area contributed by atoms with Crippen LogP contribution < -0.4 is 21.1 Å². The Morgan fingerprint density at radius 1 is 1.15 bits per heavy atom. The standard InChI is InChI=1S/C23H21N5O4S/c29-20-12-33-19-3-1-13(9-17(19)26-20)27-10-14(32-23(27)31)5-7-25-18-11-28-21(30)4-2-16-22(28)15(18)6-8-24-16/h1-4,6,8-9,14,18,25H,5,7,10-12H2,(H,26,29)/t14-,18+/m0/s1. The summed E-state index contributed by atoms with van der Waals surface area (Å²) in [7, 11) is 0. The van der Waals surface area contributed by atoms with Gasteiger partial charge in [-0.25, -0.2) is 4.79 Å². The van der Waals surface area contributed by atoms with Crippen molar-refractivity contribution < 1.29 is 14.3 Å². The van der Waals surface area contributed by atoms with Gasteiger partial charge < -0.3 is 19.9 Å². The summed E-state index contributed by atoms with van der Waals surface area (Å²) in [5.74, 6) is 0.360. The van der Waals surface area contributed by atoms with E-state index < -0.39 is 0 Å². The summed E-state index contributed by atoms with van der Waals surface area (Å²) < 4.78 is 7.35. The molecule has 5 heterocycles. The topological polar surface area (TPSA) is 106 Å². The summed E-state index contributed by atoms with van der Waals surface area (Å²) in [6, 6.07) is 10.9. The second-order valence-electron chi connectivity index (χ2n) is 8.35. The first-order chi connectivity index (χ1) is 16.1. The Morgan fingerprint density at radius 2 is 2.06 bits per heavy atom. The number of rotatable bonds is 5. The van der Waals surface area contributed by atoms with Gasteiger partial charge >= 0.3 is 6.09 Å². The number of nitrogens with zero attached hydrogens (tertiary/aromatic N) is 3. The molecule has 33 heavy (non-hydrogen) atoms. The molecule has 0 radical (unpaired) electrons. The fourth-order valence-electron chi connectivity index (χ4n) is 4.71. The van der Waals surface area contributed by atoms with E-state index in [1.54, 1.807) is 27.8 Å². The number of amides is 2. The molecule has 2 amide bonds. The van der Waals surface area contributed by atoms with Crippen LogP contribution in [0.15, 0.2) is 52.3 Å². The maximum absolute atomic E-state index is 12.5. The zero-order valence-corrected chi connectivity index (χ0v) is 18.4. The summed E-state index contributed by atoms with van der Waals surface area (Å²) in [6.45, 7) is 1.65. The van der Waals surface area contributed by atoms with Gasteiger partial charge in [-0.3, -0.25) is 19.5 Å². The highest BCUT2D eigenvalue weighted by Crippen LogP contribution is 2.36. The van der Waals surface area contributed by atoms with Gasteiger partial charge in [-0.2, -0.15) is 0 Å². The maximum Gasteiger partial charge on any atom is 0.414 e. The van der Waals surface area contributed by atoms with Crippen molar-refractivity contribution in [2.24, 2.45) is 0 Å². The average Bonchev–Trinajstić information content (AvgIpc) is 3.38. The van der Waals surface area contributed by atoms with Crippen molar-refractivity contribution in [3.63, 3.8) is 0 Å². The van der Waals surface area contributed by atoms with Crippen molar-refractivity contribution in [3.8, 4) is 0 Å². The summed E-state index contributed by atoms with van der Waals surface area (Å²) in [5, 5.41) is 6.37. The van der Waals surface area contributed by atoms with E-state index in [2.05, 4.69) is 15.6 Å². The lowest BCUT2D eigenvalue weighted by Crippen LogP contribution is -2.29. The van der Waals surface area contributed by atoms with Gasteiger partial charge in [-0.1, -0.05) is 0 Å². The number of carbonyl (C=O) groups excluding carboxylic acids is 2. The number of thioether (sulfide) groups is 1. The molecule has 2 aromatic heterocycles. The number of hydrogen-bond acceptors (Lipinski definition) is 7. The van der Waals surface area contributed by atoms with Crippen molar-refractivity contribution in [2.45, 2.75) is 30.0 Å². The number of anilines is 2. The lowest BCUT2D eigenvalue weighted by molar-refractivity contribution is -0.113. The Kier molecular flexibility index (Phi) is 4.84. The number of hydrogen-bond donors (Lipinski definition) is 2. The van der Waals surface area contributed by atoms with E-state index in [9.17, 15) is 14.4 Å². The van der Waals surface area contributed by atoms with Crippen molar-refractivity contribution in [1.82, 2.24) is 14.9 Å². The molecule has 1 aromatic carbocycles. The molecule has 1 fully saturated rings. The minimum atomic E-state index is -0.384. The number of pyridine rings is 2. The van der Waals surface area contributed by atoms with Crippen LogP contribution in [0, 0.1) is 0 Å². The van der Waals surface area contributed by atoms with Crippen LogP contribution in [0.1, 0.15) is 18.0 Å². The molecule has 2 atom stereocenters. The Labute approximate surface area is 193 Å². The average molecular weight is 464 g/mol. The summed E-state index contributed by atoms with van der Waals surface area (Å²) in [6.07, 6.45) is 1.79. The number of benzene rings is 1. The number of aromatic nitrogens is 2. The fourth-order valence-corrected chi connectivity index (χ4v) is 5.50.